The molecule has 0 heterocycles. The predicted molar refractivity (Wildman–Crippen MR) is 75.0 cm³/mol. The fourth-order valence-corrected chi connectivity index (χ4v) is 1.64. The van der Waals surface area contributed by atoms with Gasteiger partial charge in [0.15, 0.2) is 0 Å². The third-order valence-corrected chi connectivity index (χ3v) is 2.54. The number of hydrogen-bond acceptors (Lipinski definition) is 3. The van der Waals surface area contributed by atoms with Crippen LogP contribution in [0.1, 0.15) is 44.9 Å². The Hall–Kier alpha value is -1.06. The van der Waals surface area contributed by atoms with E-state index in [0.717, 1.165) is 11.3 Å². The Kier molecular flexibility index (Phi) is 5.17. The summed E-state index contributed by atoms with van der Waals surface area (Å²) in [6.45, 7) is 11.2. The minimum absolute atomic E-state index is 0.0239. The molecule has 1 atom stereocenters. The summed E-state index contributed by atoms with van der Waals surface area (Å²) in [4.78, 5) is 0. The SMILES string of the molecule is Cc1ccc([C@@H](C)N)c(OCCOC(C)(C)C)c1. The van der Waals surface area contributed by atoms with Crippen LogP contribution < -0.4 is 10.5 Å². The van der Waals surface area contributed by atoms with Gasteiger partial charge in [-0.15, -0.1) is 0 Å². The van der Waals surface area contributed by atoms with Crippen molar-refractivity contribution < 1.29 is 9.47 Å². The van der Waals surface area contributed by atoms with Gasteiger partial charge < -0.3 is 15.2 Å². The van der Waals surface area contributed by atoms with Crippen LogP contribution >= 0.6 is 0 Å². The summed E-state index contributed by atoms with van der Waals surface area (Å²) in [7, 11) is 0. The first kappa shape index (κ1) is 15.0. The number of nitrogens with two attached hydrogens (primary N) is 1. The molecule has 2 N–H and O–H groups in total. The second-order valence-corrected chi connectivity index (χ2v) is 5.64. The van der Waals surface area contributed by atoms with Gasteiger partial charge in [0.2, 0.25) is 0 Å². The number of hydrogen-bond donors (Lipinski definition) is 1. The normalized spacial score (nSPS) is 13.4. The Morgan fingerprint density at radius 1 is 1.22 bits per heavy atom. The third-order valence-electron chi connectivity index (χ3n) is 2.54. The van der Waals surface area contributed by atoms with Crippen LogP contribution in [0.15, 0.2) is 18.2 Å². The lowest BCUT2D eigenvalue weighted by Gasteiger charge is -2.20. The highest BCUT2D eigenvalue weighted by atomic mass is 16.5. The maximum absolute atomic E-state index is 5.93. The van der Waals surface area contributed by atoms with Crippen LogP contribution in [0.25, 0.3) is 0 Å². The summed E-state index contributed by atoms with van der Waals surface area (Å²) in [6.07, 6.45) is 0. The standard InChI is InChI=1S/C15H25NO2/c1-11-6-7-13(12(2)16)14(10-11)17-8-9-18-15(3,4)5/h6-7,10,12H,8-9,16H2,1-5H3/t12-/m1/s1. The fourth-order valence-electron chi connectivity index (χ4n) is 1.64. The van der Waals surface area contributed by atoms with E-state index in [1.165, 1.54) is 5.56 Å². The zero-order valence-corrected chi connectivity index (χ0v) is 12.1. The molecule has 0 amide bonds. The molecule has 0 spiro atoms. The zero-order chi connectivity index (χ0) is 13.8. The van der Waals surface area contributed by atoms with Crippen molar-refractivity contribution in [2.24, 2.45) is 5.73 Å². The Morgan fingerprint density at radius 2 is 1.89 bits per heavy atom. The Labute approximate surface area is 110 Å². The smallest absolute Gasteiger partial charge is 0.124 e. The molecule has 0 unspecified atom stereocenters. The van der Waals surface area contributed by atoms with Gasteiger partial charge >= 0.3 is 0 Å². The van der Waals surface area contributed by atoms with Gasteiger partial charge in [-0.3, -0.25) is 0 Å². The average Bonchev–Trinajstić information content (AvgIpc) is 2.22. The van der Waals surface area contributed by atoms with E-state index in [1.54, 1.807) is 0 Å². The number of ether oxygens (including phenoxy) is 2. The van der Waals surface area contributed by atoms with E-state index < -0.39 is 0 Å². The Bertz CT molecular complexity index is 381. The molecule has 0 aromatic heterocycles. The van der Waals surface area contributed by atoms with E-state index >= 15 is 0 Å². The largest absolute Gasteiger partial charge is 0.491 e. The predicted octanol–water partition coefficient (Wildman–Crippen LogP) is 3.21. The zero-order valence-electron chi connectivity index (χ0n) is 12.1. The van der Waals surface area contributed by atoms with Crippen molar-refractivity contribution in [1.82, 2.24) is 0 Å². The van der Waals surface area contributed by atoms with Crippen molar-refractivity contribution in [2.45, 2.75) is 46.3 Å². The fraction of sp³-hybridized carbons (Fsp3) is 0.600. The van der Waals surface area contributed by atoms with Gasteiger partial charge in [0.25, 0.3) is 0 Å². The van der Waals surface area contributed by atoms with Gasteiger partial charge in [0.1, 0.15) is 12.4 Å². The molecule has 0 aliphatic rings. The molecule has 0 bridgehead atoms. The first-order chi connectivity index (χ1) is 8.29. The van der Waals surface area contributed by atoms with Gasteiger partial charge in [-0.25, -0.2) is 0 Å². The highest BCUT2D eigenvalue weighted by Gasteiger charge is 2.11. The molecule has 1 aromatic rings. The molecule has 3 nitrogen and oxygen atoms in total. The van der Waals surface area contributed by atoms with E-state index in [-0.39, 0.29) is 11.6 Å². The van der Waals surface area contributed by atoms with Gasteiger partial charge in [-0.1, -0.05) is 12.1 Å². The first-order valence-electron chi connectivity index (χ1n) is 6.42. The van der Waals surface area contributed by atoms with Gasteiger partial charge in [-0.2, -0.15) is 0 Å². The lowest BCUT2D eigenvalue weighted by Crippen LogP contribution is -2.22. The topological polar surface area (TPSA) is 44.5 Å². The van der Waals surface area contributed by atoms with E-state index in [9.17, 15) is 0 Å². The van der Waals surface area contributed by atoms with Gasteiger partial charge in [0.05, 0.1) is 12.2 Å². The lowest BCUT2D eigenvalue weighted by molar-refractivity contribution is -0.0164. The van der Waals surface area contributed by atoms with E-state index in [4.69, 9.17) is 15.2 Å². The van der Waals surface area contributed by atoms with Gasteiger partial charge in [-0.05, 0) is 46.2 Å². The molecule has 1 aromatic carbocycles. The average molecular weight is 251 g/mol. The van der Waals surface area contributed by atoms with E-state index in [1.807, 2.05) is 46.8 Å². The number of benzene rings is 1. The molecule has 3 heteroatoms. The highest BCUT2D eigenvalue weighted by molar-refractivity contribution is 5.38. The van der Waals surface area contributed by atoms with Crippen LogP contribution in [0.4, 0.5) is 0 Å². The quantitative estimate of drug-likeness (QED) is 0.817. The second-order valence-electron chi connectivity index (χ2n) is 5.64. The summed E-state index contributed by atoms with van der Waals surface area (Å²) >= 11 is 0. The summed E-state index contributed by atoms with van der Waals surface area (Å²) < 4.78 is 11.4. The van der Waals surface area contributed by atoms with Gasteiger partial charge in [0, 0.05) is 11.6 Å². The molecule has 0 saturated carbocycles. The van der Waals surface area contributed by atoms with Crippen molar-refractivity contribution in [2.75, 3.05) is 13.2 Å². The molecule has 0 fully saturated rings. The molecule has 0 aliphatic carbocycles. The molecular formula is C15H25NO2. The molecular weight excluding hydrogens is 226 g/mol. The van der Waals surface area contributed by atoms with Crippen molar-refractivity contribution in [3.05, 3.63) is 29.3 Å². The van der Waals surface area contributed by atoms with Crippen LogP contribution in [0, 0.1) is 6.92 Å². The number of aryl methyl sites for hydroxylation is 1. The van der Waals surface area contributed by atoms with Crippen molar-refractivity contribution in [3.63, 3.8) is 0 Å². The minimum atomic E-state index is -0.125. The highest BCUT2D eigenvalue weighted by Crippen LogP contribution is 2.25. The summed E-state index contributed by atoms with van der Waals surface area (Å²) in [5, 5.41) is 0. The monoisotopic (exact) mass is 251 g/mol. The van der Waals surface area contributed by atoms with Crippen molar-refractivity contribution >= 4 is 0 Å². The van der Waals surface area contributed by atoms with Crippen molar-refractivity contribution in [3.8, 4) is 5.75 Å². The van der Waals surface area contributed by atoms with Crippen LogP contribution in [0.3, 0.4) is 0 Å². The summed E-state index contributed by atoms with van der Waals surface area (Å²) in [5.41, 5.74) is 8.01. The number of rotatable bonds is 5. The first-order valence-corrected chi connectivity index (χ1v) is 6.42. The maximum atomic E-state index is 5.93. The summed E-state index contributed by atoms with van der Waals surface area (Å²) in [6, 6.07) is 6.08. The van der Waals surface area contributed by atoms with E-state index in [2.05, 4.69) is 6.07 Å². The summed E-state index contributed by atoms with van der Waals surface area (Å²) in [5.74, 6) is 0.863. The van der Waals surface area contributed by atoms with Crippen LogP contribution in [-0.4, -0.2) is 18.8 Å². The van der Waals surface area contributed by atoms with Crippen LogP contribution in [0.2, 0.25) is 0 Å². The minimum Gasteiger partial charge on any atom is -0.491 e. The van der Waals surface area contributed by atoms with Crippen molar-refractivity contribution in [1.29, 1.82) is 0 Å². The molecule has 18 heavy (non-hydrogen) atoms. The lowest BCUT2D eigenvalue weighted by atomic mass is 10.1. The Balaban J connectivity index is 2.58. The molecule has 0 aliphatic heterocycles. The molecule has 0 saturated heterocycles. The van der Waals surface area contributed by atoms with Crippen LogP contribution in [0.5, 0.6) is 5.75 Å². The molecule has 102 valence electrons. The van der Waals surface area contributed by atoms with Crippen LogP contribution in [-0.2, 0) is 4.74 Å². The third kappa shape index (κ3) is 5.07. The maximum Gasteiger partial charge on any atom is 0.124 e. The Morgan fingerprint density at radius 3 is 2.44 bits per heavy atom. The van der Waals surface area contributed by atoms with E-state index in [0.29, 0.717) is 13.2 Å². The molecule has 0 radical (unpaired) electrons. The molecule has 1 rings (SSSR count). The second kappa shape index (κ2) is 6.21.